The lowest BCUT2D eigenvalue weighted by Crippen LogP contribution is -2.30. The molecule has 0 spiro atoms. The fourth-order valence-electron chi connectivity index (χ4n) is 8.00. The van der Waals surface area contributed by atoms with Crippen molar-refractivity contribution in [1.82, 2.24) is 0 Å². The van der Waals surface area contributed by atoms with E-state index in [0.29, 0.717) is 12.8 Å². The topological polar surface area (TPSA) is 78.9 Å². The van der Waals surface area contributed by atoms with Crippen molar-refractivity contribution in [3.63, 3.8) is 0 Å². The fraction of sp³-hybridized carbons (Fsp3) is 0.519. The van der Waals surface area contributed by atoms with Gasteiger partial charge in [0.05, 0.1) is 0 Å². The number of carbonyl (C=O) groups is 3. The molecule has 0 aromatic rings. The molecule has 460 valence electrons. The van der Waals surface area contributed by atoms with Gasteiger partial charge in [-0.3, -0.25) is 14.4 Å². The molecule has 0 saturated carbocycles. The van der Waals surface area contributed by atoms with Gasteiger partial charge in [0.25, 0.3) is 0 Å². The first-order valence-electron chi connectivity index (χ1n) is 32.6. The Hall–Kier alpha value is -6.01. The van der Waals surface area contributed by atoms with Crippen LogP contribution in [0.2, 0.25) is 0 Å². The fourth-order valence-corrected chi connectivity index (χ4v) is 8.00. The van der Waals surface area contributed by atoms with Crippen molar-refractivity contribution in [3.05, 3.63) is 207 Å². The molecule has 0 aromatic heterocycles. The molecular formula is C77H116O6. The first-order chi connectivity index (χ1) is 41.0. The largest absolute Gasteiger partial charge is 0.462 e. The summed E-state index contributed by atoms with van der Waals surface area (Å²) in [5.74, 6) is -1.02. The molecule has 0 aliphatic heterocycles. The van der Waals surface area contributed by atoms with E-state index in [-0.39, 0.29) is 44.0 Å². The van der Waals surface area contributed by atoms with E-state index in [0.717, 1.165) is 193 Å². The smallest absolute Gasteiger partial charge is 0.306 e. The lowest BCUT2D eigenvalue weighted by molar-refractivity contribution is -0.167. The van der Waals surface area contributed by atoms with Crippen molar-refractivity contribution in [1.29, 1.82) is 0 Å². The summed E-state index contributed by atoms with van der Waals surface area (Å²) >= 11 is 0. The Morgan fingerprint density at radius 2 is 0.434 bits per heavy atom. The van der Waals surface area contributed by atoms with E-state index in [4.69, 9.17) is 14.2 Å². The highest BCUT2D eigenvalue weighted by atomic mass is 16.6. The number of carbonyl (C=O) groups excluding carboxylic acids is 3. The number of allylic oxidation sites excluding steroid dienone is 34. The van der Waals surface area contributed by atoms with Gasteiger partial charge in [-0.15, -0.1) is 0 Å². The lowest BCUT2D eigenvalue weighted by atomic mass is 10.1. The Kier molecular flexibility index (Phi) is 63.5. The van der Waals surface area contributed by atoms with Gasteiger partial charge >= 0.3 is 17.9 Å². The zero-order valence-electron chi connectivity index (χ0n) is 52.6. The van der Waals surface area contributed by atoms with Crippen LogP contribution in [0.1, 0.15) is 239 Å². The van der Waals surface area contributed by atoms with Gasteiger partial charge in [0, 0.05) is 19.3 Å². The van der Waals surface area contributed by atoms with Gasteiger partial charge in [0.1, 0.15) is 13.2 Å². The Morgan fingerprint density at radius 3 is 0.699 bits per heavy atom. The highest BCUT2D eigenvalue weighted by Crippen LogP contribution is 2.12. The number of ether oxygens (including phenoxy) is 3. The summed E-state index contributed by atoms with van der Waals surface area (Å²) in [4.78, 5) is 38.4. The number of unbranched alkanes of at least 4 members (excludes halogenated alkanes) is 11. The van der Waals surface area contributed by atoms with Crippen LogP contribution in [0.5, 0.6) is 0 Å². The van der Waals surface area contributed by atoms with Crippen LogP contribution in [-0.2, 0) is 28.6 Å². The molecule has 1 unspecified atom stereocenters. The van der Waals surface area contributed by atoms with E-state index in [2.05, 4.69) is 227 Å². The molecule has 0 aliphatic carbocycles. The summed E-state index contributed by atoms with van der Waals surface area (Å²) in [6.07, 6.45) is 105. The zero-order valence-corrected chi connectivity index (χ0v) is 52.6. The van der Waals surface area contributed by atoms with Crippen LogP contribution < -0.4 is 0 Å². The third-order valence-corrected chi connectivity index (χ3v) is 12.8. The van der Waals surface area contributed by atoms with E-state index in [1.165, 1.54) is 0 Å². The molecule has 83 heavy (non-hydrogen) atoms. The van der Waals surface area contributed by atoms with Gasteiger partial charge in [0.2, 0.25) is 0 Å². The van der Waals surface area contributed by atoms with E-state index in [1.807, 2.05) is 0 Å². The van der Waals surface area contributed by atoms with Gasteiger partial charge in [-0.1, -0.05) is 259 Å². The molecule has 0 bridgehead atoms. The molecule has 0 fully saturated rings. The van der Waals surface area contributed by atoms with Crippen molar-refractivity contribution in [2.75, 3.05) is 13.2 Å². The van der Waals surface area contributed by atoms with Gasteiger partial charge in [-0.25, -0.2) is 0 Å². The average molecular weight is 1140 g/mol. The molecule has 0 radical (unpaired) electrons. The first kappa shape index (κ1) is 77.0. The van der Waals surface area contributed by atoms with Crippen LogP contribution in [-0.4, -0.2) is 37.2 Å². The summed E-state index contributed by atoms with van der Waals surface area (Å²) in [5, 5.41) is 0. The maximum Gasteiger partial charge on any atom is 0.306 e. The maximum atomic E-state index is 12.9. The number of rotatable bonds is 56. The van der Waals surface area contributed by atoms with Gasteiger partial charge in [-0.2, -0.15) is 0 Å². The Balaban J connectivity index is 4.55. The lowest BCUT2D eigenvalue weighted by Gasteiger charge is -2.18. The minimum Gasteiger partial charge on any atom is -0.462 e. The zero-order chi connectivity index (χ0) is 59.9. The average Bonchev–Trinajstić information content (AvgIpc) is 3.49. The summed E-state index contributed by atoms with van der Waals surface area (Å²) in [6.45, 7) is 6.21. The molecule has 6 heteroatoms. The monoisotopic (exact) mass is 1140 g/mol. The van der Waals surface area contributed by atoms with Gasteiger partial charge in [0.15, 0.2) is 6.10 Å². The second-order valence-corrected chi connectivity index (χ2v) is 20.5. The molecule has 0 saturated heterocycles. The molecule has 0 amide bonds. The predicted molar refractivity (Wildman–Crippen MR) is 361 cm³/mol. The number of hydrogen-bond acceptors (Lipinski definition) is 6. The quantitative estimate of drug-likeness (QED) is 0.0261. The molecule has 1 atom stereocenters. The van der Waals surface area contributed by atoms with Crippen LogP contribution in [0, 0.1) is 0 Å². The van der Waals surface area contributed by atoms with Crippen LogP contribution >= 0.6 is 0 Å². The molecule has 0 aliphatic rings. The summed E-state index contributed by atoms with van der Waals surface area (Å²) < 4.78 is 16.9. The van der Waals surface area contributed by atoms with Gasteiger partial charge < -0.3 is 14.2 Å². The van der Waals surface area contributed by atoms with Crippen molar-refractivity contribution in [2.24, 2.45) is 0 Å². The molecular weight excluding hydrogens is 1020 g/mol. The van der Waals surface area contributed by atoms with Crippen molar-refractivity contribution < 1.29 is 28.6 Å². The SMILES string of the molecule is CC/C=C\C/C=C\C/C=C\C/C=C\C/C=C\C/C=C\C/C=C\CCCCCCCC(=O)OCC(COC(=O)CCCC/C=C\C/C=C\C/C=C\C/C=C\CC)OC(=O)CCCCCC/C=C\C/C=C\C/C=C\C/C=C\C/C=C\C/C=C\CC. The maximum absolute atomic E-state index is 12.9. The van der Waals surface area contributed by atoms with Crippen molar-refractivity contribution in [3.8, 4) is 0 Å². The third-order valence-electron chi connectivity index (χ3n) is 12.8. The second-order valence-electron chi connectivity index (χ2n) is 20.5. The normalized spacial score (nSPS) is 13.5. The van der Waals surface area contributed by atoms with Crippen molar-refractivity contribution in [2.45, 2.75) is 245 Å². The first-order valence-corrected chi connectivity index (χ1v) is 32.6. The summed E-state index contributed by atoms with van der Waals surface area (Å²) in [7, 11) is 0. The molecule has 6 nitrogen and oxygen atoms in total. The predicted octanol–water partition coefficient (Wildman–Crippen LogP) is 22.8. The number of esters is 3. The van der Waals surface area contributed by atoms with E-state index in [9.17, 15) is 14.4 Å². The Morgan fingerprint density at radius 1 is 0.241 bits per heavy atom. The van der Waals surface area contributed by atoms with Crippen LogP contribution in [0.4, 0.5) is 0 Å². The Bertz CT molecular complexity index is 2030. The van der Waals surface area contributed by atoms with Gasteiger partial charge in [-0.05, 0) is 167 Å². The standard InChI is InChI=1S/C77H116O6/c1-4-7-10-13-16-19-22-25-28-30-32-34-36-37-38-39-41-42-44-46-49-52-55-58-61-64-67-70-76(79)82-73-74(72-81-75(78)69-66-63-60-57-54-51-48-27-24-21-18-15-12-9-6-3)83-77(80)71-68-65-62-59-56-53-50-47-45-43-40-35-33-31-29-26-23-20-17-14-11-8-5-2/h7-12,16-21,25-29,32-35,37-38,41-43,45-46,48-50,53-54,57,74H,4-6,13-15,22-24,30-31,36,39-40,44,47,51-52,55-56,58-73H2,1-3H3/b10-7-,11-8-,12-9-,19-16-,20-17-,21-18-,28-25-,29-26-,34-32-,35-33-,38-37-,42-41-,45-43-,48-27-,49-46-,53-50-,57-54-. The minimum atomic E-state index is -0.833. The summed E-state index contributed by atoms with van der Waals surface area (Å²) in [6, 6.07) is 0. The minimum absolute atomic E-state index is 0.124. The van der Waals surface area contributed by atoms with Crippen molar-refractivity contribution >= 4 is 17.9 Å². The van der Waals surface area contributed by atoms with Crippen LogP contribution in [0.25, 0.3) is 0 Å². The van der Waals surface area contributed by atoms with Crippen LogP contribution in [0.15, 0.2) is 207 Å². The molecule has 0 N–H and O–H groups in total. The highest BCUT2D eigenvalue weighted by molar-refractivity contribution is 5.71. The highest BCUT2D eigenvalue weighted by Gasteiger charge is 2.19. The van der Waals surface area contributed by atoms with E-state index >= 15 is 0 Å². The van der Waals surface area contributed by atoms with E-state index < -0.39 is 6.10 Å². The van der Waals surface area contributed by atoms with E-state index in [1.54, 1.807) is 0 Å². The second kappa shape index (κ2) is 68.5. The molecule has 0 rings (SSSR count). The number of hydrogen-bond donors (Lipinski definition) is 0. The molecule has 0 aromatic carbocycles. The molecule has 0 heterocycles. The summed E-state index contributed by atoms with van der Waals surface area (Å²) in [5.41, 5.74) is 0. The Labute approximate surface area is 509 Å². The van der Waals surface area contributed by atoms with Crippen LogP contribution in [0.3, 0.4) is 0 Å². The third kappa shape index (κ3) is 66.7.